The Morgan fingerprint density at radius 2 is 1.64 bits per heavy atom. The number of hydrogen-bond acceptors (Lipinski definition) is 3. The lowest BCUT2D eigenvalue weighted by molar-refractivity contribution is 0.553. The first kappa shape index (κ1) is 12.8. The maximum atomic E-state index is 12.3. The molecule has 0 bridgehead atoms. The van der Waals surface area contributed by atoms with Crippen molar-refractivity contribution >= 4 is 22.0 Å². The highest BCUT2D eigenvalue weighted by molar-refractivity contribution is 5.96. The van der Waals surface area contributed by atoms with E-state index in [0.717, 1.165) is 27.4 Å². The molecule has 0 atom stereocenters. The van der Waals surface area contributed by atoms with Crippen LogP contribution in [0, 0.1) is 6.92 Å². The second-order valence-corrected chi connectivity index (χ2v) is 5.29. The van der Waals surface area contributed by atoms with Crippen LogP contribution in [-0.2, 0) is 0 Å². The molecule has 2 heterocycles. The van der Waals surface area contributed by atoms with Crippen molar-refractivity contribution in [2.24, 2.45) is 0 Å². The summed E-state index contributed by atoms with van der Waals surface area (Å²) in [4.78, 5) is 16.7. The molecule has 0 saturated carbocycles. The monoisotopic (exact) mass is 287 g/mol. The van der Waals surface area contributed by atoms with Crippen LogP contribution in [0.1, 0.15) is 5.56 Å². The Kier molecular flexibility index (Phi) is 2.79. The fourth-order valence-electron chi connectivity index (χ4n) is 2.78. The van der Waals surface area contributed by atoms with Crippen LogP contribution >= 0.6 is 0 Å². The van der Waals surface area contributed by atoms with Gasteiger partial charge in [0, 0.05) is 10.8 Å². The molecule has 0 aliphatic rings. The fraction of sp³-hybridized carbons (Fsp3) is 0.0526. The van der Waals surface area contributed by atoms with E-state index in [9.17, 15) is 4.79 Å². The van der Waals surface area contributed by atoms with Gasteiger partial charge >= 0.3 is 5.63 Å². The summed E-state index contributed by atoms with van der Waals surface area (Å²) >= 11 is 0. The molecule has 22 heavy (non-hydrogen) atoms. The van der Waals surface area contributed by atoms with E-state index in [1.165, 1.54) is 0 Å². The van der Waals surface area contributed by atoms with Gasteiger partial charge in [-0.1, -0.05) is 48.5 Å². The minimum atomic E-state index is -0.360. The van der Waals surface area contributed by atoms with Crippen molar-refractivity contribution in [2.75, 3.05) is 0 Å². The number of rotatable bonds is 1. The van der Waals surface area contributed by atoms with E-state index < -0.39 is 0 Å². The molecule has 106 valence electrons. The van der Waals surface area contributed by atoms with Gasteiger partial charge in [0.1, 0.15) is 0 Å². The summed E-state index contributed by atoms with van der Waals surface area (Å²) in [5, 5.41) is 1.94. The van der Waals surface area contributed by atoms with Crippen LogP contribution in [0.25, 0.3) is 33.1 Å². The number of para-hydroxylation sites is 1. The largest absolute Gasteiger partial charge is 0.403 e. The third-order valence-electron chi connectivity index (χ3n) is 3.95. The van der Waals surface area contributed by atoms with Gasteiger partial charge in [-0.05, 0) is 30.2 Å². The van der Waals surface area contributed by atoms with Crippen molar-refractivity contribution in [1.82, 2.24) is 4.98 Å². The van der Waals surface area contributed by atoms with E-state index in [1.807, 2.05) is 67.6 Å². The van der Waals surface area contributed by atoms with Crippen molar-refractivity contribution in [3.05, 3.63) is 76.6 Å². The molecule has 2 aromatic carbocycles. The van der Waals surface area contributed by atoms with E-state index >= 15 is 0 Å². The lowest BCUT2D eigenvalue weighted by Gasteiger charge is -2.07. The first-order chi connectivity index (χ1) is 10.7. The molecule has 3 nitrogen and oxygen atoms in total. The molecule has 0 fully saturated rings. The van der Waals surface area contributed by atoms with Gasteiger partial charge in [0.25, 0.3) is 0 Å². The van der Waals surface area contributed by atoms with Gasteiger partial charge in [-0.3, -0.25) is 0 Å². The molecule has 0 saturated heterocycles. The molecule has 0 radical (unpaired) electrons. The Balaban J connectivity index is 2.11. The highest BCUT2D eigenvalue weighted by atomic mass is 16.4. The van der Waals surface area contributed by atoms with E-state index in [-0.39, 0.29) is 5.63 Å². The van der Waals surface area contributed by atoms with Crippen molar-refractivity contribution in [1.29, 1.82) is 0 Å². The summed E-state index contributed by atoms with van der Waals surface area (Å²) < 4.78 is 5.47. The molecule has 4 aromatic rings. The van der Waals surface area contributed by atoms with Crippen LogP contribution in [0.4, 0.5) is 0 Å². The van der Waals surface area contributed by atoms with Gasteiger partial charge < -0.3 is 4.42 Å². The first-order valence-corrected chi connectivity index (χ1v) is 7.12. The zero-order valence-electron chi connectivity index (χ0n) is 12.0. The minimum Gasteiger partial charge on any atom is -0.403 e. The number of nitrogens with zero attached hydrogens (tertiary/aromatic N) is 1. The first-order valence-electron chi connectivity index (χ1n) is 7.12. The summed E-state index contributed by atoms with van der Waals surface area (Å²) in [6.45, 7) is 2.03. The van der Waals surface area contributed by atoms with Gasteiger partial charge in [0.2, 0.25) is 5.71 Å². The lowest BCUT2D eigenvalue weighted by Crippen LogP contribution is -2.04. The molecule has 3 heteroatoms. The number of pyridine rings is 1. The van der Waals surface area contributed by atoms with E-state index in [2.05, 4.69) is 4.98 Å². The Morgan fingerprint density at radius 1 is 0.909 bits per heavy atom. The van der Waals surface area contributed by atoms with Crippen LogP contribution < -0.4 is 5.63 Å². The number of aryl methyl sites for hydroxylation is 1. The van der Waals surface area contributed by atoms with Crippen molar-refractivity contribution in [2.45, 2.75) is 6.92 Å². The summed E-state index contributed by atoms with van der Waals surface area (Å²) in [5.41, 5.74) is 3.35. The fourth-order valence-corrected chi connectivity index (χ4v) is 2.78. The summed E-state index contributed by atoms with van der Waals surface area (Å²) in [6, 6.07) is 19.3. The molecule has 0 unspecified atom stereocenters. The average Bonchev–Trinajstić information content (AvgIpc) is 2.55. The predicted octanol–water partition coefficient (Wildman–Crippen LogP) is 4.32. The van der Waals surface area contributed by atoms with Crippen LogP contribution in [0.2, 0.25) is 0 Å². The van der Waals surface area contributed by atoms with Gasteiger partial charge in [0.05, 0.1) is 11.1 Å². The molecule has 0 amide bonds. The maximum Gasteiger partial charge on any atom is 0.345 e. The maximum absolute atomic E-state index is 12.3. The number of hydrogen-bond donors (Lipinski definition) is 0. The van der Waals surface area contributed by atoms with Crippen molar-refractivity contribution in [3.8, 4) is 11.1 Å². The number of benzene rings is 2. The topological polar surface area (TPSA) is 43.1 Å². The van der Waals surface area contributed by atoms with Crippen LogP contribution in [0.3, 0.4) is 0 Å². The molecule has 0 spiro atoms. The summed E-state index contributed by atoms with van der Waals surface area (Å²) in [5.74, 6) is 0. The minimum absolute atomic E-state index is 0.360. The molecular formula is C19H13NO2. The Labute approximate surface area is 126 Å². The summed E-state index contributed by atoms with van der Waals surface area (Å²) in [6.07, 6.45) is 0. The third kappa shape index (κ3) is 1.91. The number of fused-ring (bicyclic) bond motifs is 2. The Hall–Kier alpha value is -2.94. The van der Waals surface area contributed by atoms with E-state index in [1.54, 1.807) is 0 Å². The molecule has 2 aromatic heterocycles. The number of aromatic nitrogens is 1. The highest BCUT2D eigenvalue weighted by Gasteiger charge is 2.12. The van der Waals surface area contributed by atoms with Crippen LogP contribution in [0.15, 0.2) is 69.9 Å². The highest BCUT2D eigenvalue weighted by Crippen LogP contribution is 2.27. The smallest absolute Gasteiger partial charge is 0.345 e. The van der Waals surface area contributed by atoms with Gasteiger partial charge in [0.15, 0.2) is 0 Å². The van der Waals surface area contributed by atoms with Gasteiger partial charge in [-0.25, -0.2) is 9.78 Å². The predicted molar refractivity (Wildman–Crippen MR) is 88.0 cm³/mol. The van der Waals surface area contributed by atoms with Crippen LogP contribution in [-0.4, -0.2) is 4.98 Å². The third-order valence-corrected chi connectivity index (χ3v) is 3.95. The quantitative estimate of drug-likeness (QED) is 0.490. The zero-order valence-corrected chi connectivity index (χ0v) is 12.0. The second kappa shape index (κ2) is 4.81. The SMILES string of the molecule is Cc1c2ccccc2nc2oc(=O)c(-c3ccccc3)cc12. The lowest BCUT2D eigenvalue weighted by atomic mass is 10.0. The second-order valence-electron chi connectivity index (χ2n) is 5.29. The van der Waals surface area contributed by atoms with Crippen LogP contribution in [0.5, 0.6) is 0 Å². The zero-order chi connectivity index (χ0) is 15.1. The standard InChI is InChI=1S/C19H13NO2/c1-12-14-9-5-6-10-17(14)20-18-15(12)11-16(19(21)22-18)13-7-3-2-4-8-13/h2-11H,1H3. The van der Waals surface area contributed by atoms with E-state index in [4.69, 9.17) is 4.42 Å². The molecule has 0 aliphatic heterocycles. The molecule has 0 aliphatic carbocycles. The van der Waals surface area contributed by atoms with Gasteiger partial charge in [-0.15, -0.1) is 0 Å². The Morgan fingerprint density at radius 3 is 2.45 bits per heavy atom. The van der Waals surface area contributed by atoms with Gasteiger partial charge in [-0.2, -0.15) is 0 Å². The Bertz CT molecular complexity index is 1050. The average molecular weight is 287 g/mol. The van der Waals surface area contributed by atoms with Crippen molar-refractivity contribution in [3.63, 3.8) is 0 Å². The van der Waals surface area contributed by atoms with Crippen molar-refractivity contribution < 1.29 is 4.42 Å². The van der Waals surface area contributed by atoms with E-state index in [0.29, 0.717) is 11.3 Å². The molecule has 4 rings (SSSR count). The normalized spacial score (nSPS) is 11.1. The molecule has 0 N–H and O–H groups in total. The molecular weight excluding hydrogens is 274 g/mol. The summed E-state index contributed by atoms with van der Waals surface area (Å²) in [7, 11) is 0.